The van der Waals surface area contributed by atoms with Crippen molar-refractivity contribution < 1.29 is 22.8 Å². The predicted octanol–water partition coefficient (Wildman–Crippen LogP) is 2.22. The molecule has 1 aromatic carbocycles. The molecule has 2 N–H and O–H groups in total. The van der Waals surface area contributed by atoms with Crippen molar-refractivity contribution in [2.75, 3.05) is 27.2 Å². The minimum absolute atomic E-state index is 0.00885. The van der Waals surface area contributed by atoms with Crippen LogP contribution in [0.3, 0.4) is 0 Å². The van der Waals surface area contributed by atoms with Gasteiger partial charge in [-0.1, -0.05) is 0 Å². The predicted molar refractivity (Wildman–Crippen MR) is 113 cm³/mol. The average molecular weight is 462 g/mol. The zero-order valence-electron chi connectivity index (χ0n) is 17.8. The van der Waals surface area contributed by atoms with Gasteiger partial charge in [0.1, 0.15) is 5.82 Å². The highest BCUT2D eigenvalue weighted by Crippen LogP contribution is 2.29. The van der Waals surface area contributed by atoms with Crippen LogP contribution in [0.1, 0.15) is 22.3 Å². The van der Waals surface area contributed by atoms with Crippen LogP contribution in [0.5, 0.6) is 0 Å². The SMILES string of the molecule is CN(C)C(=O)N1CC[C@@H](NC(=O)c2ccc3[nH]c(=O)n(-c4ccc(C(F)(F)F)cn4)c3c2)C1. The highest BCUT2D eigenvalue weighted by Gasteiger charge is 2.31. The zero-order valence-corrected chi connectivity index (χ0v) is 17.8. The summed E-state index contributed by atoms with van der Waals surface area (Å²) in [7, 11) is 3.32. The Balaban J connectivity index is 1.58. The zero-order chi connectivity index (χ0) is 23.9. The molecule has 1 aliphatic heterocycles. The van der Waals surface area contributed by atoms with Gasteiger partial charge in [-0.25, -0.2) is 19.1 Å². The smallest absolute Gasteiger partial charge is 0.347 e. The van der Waals surface area contributed by atoms with Gasteiger partial charge in [-0.3, -0.25) is 4.79 Å². The number of nitrogens with zero attached hydrogens (tertiary/aromatic N) is 4. The fourth-order valence-electron chi connectivity index (χ4n) is 3.76. The van der Waals surface area contributed by atoms with Gasteiger partial charge in [0.05, 0.1) is 16.6 Å². The molecule has 1 atom stereocenters. The van der Waals surface area contributed by atoms with Crippen LogP contribution in [0.25, 0.3) is 16.9 Å². The summed E-state index contributed by atoms with van der Waals surface area (Å²) in [6.45, 7) is 0.910. The number of fused-ring (bicyclic) bond motifs is 1. The Labute approximate surface area is 185 Å². The van der Waals surface area contributed by atoms with Crippen LogP contribution in [0, 0.1) is 0 Å². The van der Waals surface area contributed by atoms with E-state index in [1.165, 1.54) is 17.0 Å². The number of aromatic nitrogens is 3. The number of pyridine rings is 1. The Morgan fingerprint density at radius 3 is 2.61 bits per heavy atom. The second-order valence-corrected chi connectivity index (χ2v) is 7.98. The molecule has 1 saturated heterocycles. The highest BCUT2D eigenvalue weighted by molar-refractivity contribution is 5.97. The van der Waals surface area contributed by atoms with Crippen LogP contribution in [-0.4, -0.2) is 69.5 Å². The molecular formula is C21H21F3N6O3. The Morgan fingerprint density at radius 2 is 1.97 bits per heavy atom. The van der Waals surface area contributed by atoms with Gasteiger partial charge in [0.2, 0.25) is 0 Å². The average Bonchev–Trinajstić information content (AvgIpc) is 3.35. The molecular weight excluding hydrogens is 441 g/mol. The number of carbonyl (C=O) groups is 2. The summed E-state index contributed by atoms with van der Waals surface area (Å²) in [6.07, 6.45) is -3.29. The largest absolute Gasteiger partial charge is 0.417 e. The maximum Gasteiger partial charge on any atom is 0.417 e. The minimum atomic E-state index is -4.55. The Morgan fingerprint density at radius 1 is 1.21 bits per heavy atom. The monoisotopic (exact) mass is 462 g/mol. The van der Waals surface area contributed by atoms with Crippen molar-refractivity contribution in [1.29, 1.82) is 0 Å². The first-order valence-electron chi connectivity index (χ1n) is 10.1. The van der Waals surface area contributed by atoms with Crippen molar-refractivity contribution in [2.24, 2.45) is 0 Å². The van der Waals surface area contributed by atoms with E-state index >= 15 is 0 Å². The molecule has 1 fully saturated rings. The van der Waals surface area contributed by atoms with Crippen LogP contribution in [0.2, 0.25) is 0 Å². The quantitative estimate of drug-likeness (QED) is 0.623. The summed E-state index contributed by atoms with van der Waals surface area (Å²) in [6, 6.07) is 6.14. The molecule has 0 aliphatic carbocycles. The lowest BCUT2D eigenvalue weighted by atomic mass is 10.1. The Bertz CT molecular complexity index is 1260. The number of halogens is 3. The lowest BCUT2D eigenvalue weighted by Gasteiger charge is -2.21. The summed E-state index contributed by atoms with van der Waals surface area (Å²) in [5.74, 6) is -0.396. The summed E-state index contributed by atoms with van der Waals surface area (Å²) < 4.78 is 39.6. The third-order valence-corrected chi connectivity index (χ3v) is 5.43. The number of rotatable bonds is 3. The van der Waals surface area contributed by atoms with Crippen molar-refractivity contribution in [3.63, 3.8) is 0 Å². The summed E-state index contributed by atoms with van der Waals surface area (Å²) in [5.41, 5.74) is -0.557. The lowest BCUT2D eigenvalue weighted by molar-refractivity contribution is -0.137. The minimum Gasteiger partial charge on any atom is -0.347 e. The van der Waals surface area contributed by atoms with E-state index in [1.54, 1.807) is 25.1 Å². The molecule has 0 bridgehead atoms. The third-order valence-electron chi connectivity index (χ3n) is 5.43. The van der Waals surface area contributed by atoms with Crippen LogP contribution in [0.4, 0.5) is 18.0 Å². The molecule has 0 radical (unpaired) electrons. The maximum absolute atomic E-state index is 12.8. The fourth-order valence-corrected chi connectivity index (χ4v) is 3.76. The normalized spacial score (nSPS) is 16.3. The number of aromatic amines is 1. The van der Waals surface area contributed by atoms with Gasteiger partial charge in [0.25, 0.3) is 5.91 Å². The van der Waals surface area contributed by atoms with Crippen molar-refractivity contribution in [3.05, 3.63) is 58.1 Å². The number of amides is 3. The summed E-state index contributed by atoms with van der Waals surface area (Å²) in [4.78, 5) is 46.8. The molecule has 174 valence electrons. The molecule has 3 amide bonds. The number of benzene rings is 1. The summed E-state index contributed by atoms with van der Waals surface area (Å²) >= 11 is 0. The van der Waals surface area contributed by atoms with Gasteiger partial charge in [0, 0.05) is 45.0 Å². The Hall–Kier alpha value is -3.83. The van der Waals surface area contributed by atoms with Crippen LogP contribution >= 0.6 is 0 Å². The molecule has 3 heterocycles. The molecule has 12 heteroatoms. The molecule has 9 nitrogen and oxygen atoms in total. The number of imidazole rings is 1. The number of hydrogen-bond acceptors (Lipinski definition) is 4. The maximum atomic E-state index is 12.8. The molecule has 2 aromatic heterocycles. The number of likely N-dealkylation sites (tertiary alicyclic amines) is 1. The Kier molecular flexibility index (Phi) is 5.60. The topological polar surface area (TPSA) is 103 Å². The van der Waals surface area contributed by atoms with E-state index in [9.17, 15) is 27.6 Å². The van der Waals surface area contributed by atoms with E-state index in [4.69, 9.17) is 0 Å². The van der Waals surface area contributed by atoms with Gasteiger partial charge in [-0.15, -0.1) is 0 Å². The van der Waals surface area contributed by atoms with Gasteiger partial charge in [0.15, 0.2) is 0 Å². The highest BCUT2D eigenvalue weighted by atomic mass is 19.4. The second-order valence-electron chi connectivity index (χ2n) is 7.98. The van der Waals surface area contributed by atoms with E-state index in [1.807, 2.05) is 0 Å². The summed E-state index contributed by atoms with van der Waals surface area (Å²) in [5, 5.41) is 2.88. The van der Waals surface area contributed by atoms with Crippen LogP contribution in [-0.2, 0) is 6.18 Å². The van der Waals surface area contributed by atoms with E-state index in [-0.39, 0.29) is 29.4 Å². The fraction of sp³-hybridized carbons (Fsp3) is 0.333. The second kappa shape index (κ2) is 8.26. The van der Waals surface area contributed by atoms with Crippen LogP contribution < -0.4 is 11.0 Å². The number of alkyl halides is 3. The molecule has 1 aliphatic rings. The first kappa shape index (κ1) is 22.4. The van der Waals surface area contributed by atoms with E-state index in [2.05, 4.69) is 15.3 Å². The van der Waals surface area contributed by atoms with E-state index in [0.717, 1.165) is 16.7 Å². The van der Waals surface area contributed by atoms with E-state index < -0.39 is 17.4 Å². The van der Waals surface area contributed by atoms with Gasteiger partial charge >= 0.3 is 17.9 Å². The number of urea groups is 1. The third kappa shape index (κ3) is 4.41. The lowest BCUT2D eigenvalue weighted by Crippen LogP contribution is -2.41. The first-order chi connectivity index (χ1) is 15.5. The standard InChI is InChI=1S/C21H21F3N6O3/c1-28(2)20(33)29-8-7-14(11-29)26-18(31)12-3-5-15-16(9-12)30(19(32)27-15)17-6-4-13(10-25-17)21(22,23)24/h3-6,9-10,14H,7-8,11H2,1-2H3,(H,26,31)(H,27,32)/t14-/m1/s1. The van der Waals surface area contributed by atoms with E-state index in [0.29, 0.717) is 36.7 Å². The number of H-pyrrole nitrogens is 1. The molecule has 0 saturated carbocycles. The first-order valence-corrected chi connectivity index (χ1v) is 10.1. The number of nitrogens with one attached hydrogen (secondary N) is 2. The van der Waals surface area contributed by atoms with Crippen molar-refractivity contribution in [2.45, 2.75) is 18.6 Å². The van der Waals surface area contributed by atoms with Crippen LogP contribution in [0.15, 0.2) is 41.3 Å². The molecule has 4 rings (SSSR count). The van der Waals surface area contributed by atoms with Gasteiger partial charge in [-0.05, 0) is 36.8 Å². The van der Waals surface area contributed by atoms with Gasteiger partial charge in [-0.2, -0.15) is 13.2 Å². The van der Waals surface area contributed by atoms with Gasteiger partial charge < -0.3 is 20.1 Å². The number of carbonyl (C=O) groups excluding carboxylic acids is 2. The molecule has 3 aromatic rings. The van der Waals surface area contributed by atoms with Crippen molar-refractivity contribution in [1.82, 2.24) is 29.7 Å². The van der Waals surface area contributed by atoms with Crippen molar-refractivity contribution in [3.8, 4) is 5.82 Å². The molecule has 0 unspecified atom stereocenters. The molecule has 0 spiro atoms. The number of hydrogen-bond donors (Lipinski definition) is 2. The van der Waals surface area contributed by atoms with Crippen molar-refractivity contribution >= 4 is 23.0 Å². The molecule has 33 heavy (non-hydrogen) atoms.